The van der Waals surface area contributed by atoms with Crippen LogP contribution >= 0.6 is 11.6 Å². The minimum Gasteiger partial charge on any atom is -0.285 e. The molecule has 0 aliphatic carbocycles. The fourth-order valence-corrected chi connectivity index (χ4v) is 0.641. The maximum Gasteiger partial charge on any atom is 0.321 e. The van der Waals surface area contributed by atoms with Crippen molar-refractivity contribution in [2.24, 2.45) is 0 Å². The molecule has 1 rings (SSSR count). The molecule has 0 bridgehead atoms. The molecule has 0 spiro atoms. The number of hydrogen-bond donors (Lipinski definition) is 0. The molecule has 0 atom stereocenters. The van der Waals surface area contributed by atoms with Crippen molar-refractivity contribution in [3.05, 3.63) is 18.6 Å². The number of aromatic nitrogens is 2. The average Bonchev–Trinajstić information content (AvgIpc) is 2.05. The third-order valence-electron chi connectivity index (χ3n) is 1.16. The van der Waals surface area contributed by atoms with Crippen LogP contribution in [0, 0.1) is 0 Å². The van der Waals surface area contributed by atoms with Gasteiger partial charge in [0.2, 0.25) is 0 Å². The van der Waals surface area contributed by atoms with E-state index >= 15 is 0 Å². The van der Waals surface area contributed by atoms with Gasteiger partial charge in [-0.2, -0.15) is 0 Å². The maximum atomic E-state index is 10.6. The van der Waals surface area contributed by atoms with Gasteiger partial charge in [-0.05, 0) is 11.6 Å². The number of anilines is 1. The molecule has 1 heterocycles. The summed E-state index contributed by atoms with van der Waals surface area (Å²) in [4.78, 5) is 19.4. The van der Waals surface area contributed by atoms with Crippen LogP contribution < -0.4 is 4.90 Å². The van der Waals surface area contributed by atoms with Crippen LogP contribution in [0.15, 0.2) is 18.6 Å². The minimum atomic E-state index is -0.578. The van der Waals surface area contributed by atoms with Crippen LogP contribution in [0.3, 0.4) is 0 Å². The lowest BCUT2D eigenvalue weighted by Crippen LogP contribution is -2.20. The smallest absolute Gasteiger partial charge is 0.285 e. The summed E-state index contributed by atoms with van der Waals surface area (Å²) >= 11 is 5.18. The molecule has 58 valence electrons. The number of carbonyl (C=O) groups excluding carboxylic acids is 1. The van der Waals surface area contributed by atoms with E-state index in [9.17, 15) is 4.79 Å². The summed E-state index contributed by atoms with van der Waals surface area (Å²) in [5.74, 6) is 0.438. The number of carbonyl (C=O) groups is 1. The molecule has 0 aliphatic rings. The third-order valence-corrected chi connectivity index (χ3v) is 1.41. The van der Waals surface area contributed by atoms with Crippen molar-refractivity contribution in [3.63, 3.8) is 0 Å². The Kier molecular flexibility index (Phi) is 2.38. The molecule has 0 saturated carbocycles. The van der Waals surface area contributed by atoms with E-state index in [1.807, 2.05) is 0 Å². The molecule has 0 aromatic carbocycles. The molecule has 0 unspecified atom stereocenters. The second kappa shape index (κ2) is 3.30. The van der Waals surface area contributed by atoms with E-state index in [4.69, 9.17) is 11.6 Å². The molecule has 0 N–H and O–H groups in total. The van der Waals surface area contributed by atoms with Gasteiger partial charge in [-0.15, -0.1) is 0 Å². The number of hydrogen-bond acceptors (Lipinski definition) is 3. The van der Waals surface area contributed by atoms with E-state index in [1.54, 1.807) is 0 Å². The van der Waals surface area contributed by atoms with E-state index in [-0.39, 0.29) is 0 Å². The van der Waals surface area contributed by atoms with Crippen LogP contribution in [0.2, 0.25) is 0 Å². The second-order valence-corrected chi connectivity index (χ2v) is 2.20. The highest BCUT2D eigenvalue weighted by atomic mass is 35.5. The molecule has 0 radical (unpaired) electrons. The minimum absolute atomic E-state index is 0.438. The highest BCUT2D eigenvalue weighted by Crippen LogP contribution is 2.06. The normalized spacial score (nSPS) is 9.27. The van der Waals surface area contributed by atoms with Crippen LogP contribution in [-0.4, -0.2) is 22.4 Å². The number of amides is 1. The fraction of sp³-hybridized carbons (Fsp3) is 0.167. The van der Waals surface area contributed by atoms with Crippen molar-refractivity contribution in [2.45, 2.75) is 0 Å². The number of nitrogens with zero attached hydrogens (tertiary/aromatic N) is 3. The number of rotatable bonds is 1. The van der Waals surface area contributed by atoms with Crippen LogP contribution in [-0.2, 0) is 0 Å². The summed E-state index contributed by atoms with van der Waals surface area (Å²) in [6.07, 6.45) is 4.47. The van der Waals surface area contributed by atoms with Gasteiger partial charge < -0.3 is 0 Å². The fourth-order valence-electron chi connectivity index (χ4n) is 0.554. The molecule has 0 aliphatic heterocycles. The molecule has 1 aromatic rings. The molecular formula is C6H6ClN3O. The molecule has 4 nitrogen and oxygen atoms in total. The quantitative estimate of drug-likeness (QED) is 0.472. The molecule has 1 amide bonds. The topological polar surface area (TPSA) is 46.1 Å². The monoisotopic (exact) mass is 171 g/mol. The zero-order valence-corrected chi connectivity index (χ0v) is 6.62. The van der Waals surface area contributed by atoms with Gasteiger partial charge in [0.1, 0.15) is 0 Å². The standard InChI is InChI=1S/C6H6ClN3O/c1-10(6(7)11)5-4-8-2-3-9-5/h2-4H,1H3. The van der Waals surface area contributed by atoms with Crippen molar-refractivity contribution in [3.8, 4) is 0 Å². The largest absolute Gasteiger partial charge is 0.321 e. The summed E-state index contributed by atoms with van der Waals surface area (Å²) in [7, 11) is 1.53. The van der Waals surface area contributed by atoms with Crippen molar-refractivity contribution >= 4 is 22.8 Å². The summed E-state index contributed by atoms with van der Waals surface area (Å²) in [5, 5.41) is -0.578. The van der Waals surface area contributed by atoms with Gasteiger partial charge in [-0.25, -0.2) is 4.98 Å². The lowest BCUT2D eigenvalue weighted by molar-refractivity contribution is 0.265. The first-order valence-corrected chi connectivity index (χ1v) is 3.29. The summed E-state index contributed by atoms with van der Waals surface area (Å²) in [6.45, 7) is 0. The Hall–Kier alpha value is -1.16. The first-order valence-electron chi connectivity index (χ1n) is 2.91. The Morgan fingerprint density at radius 2 is 2.36 bits per heavy atom. The van der Waals surface area contributed by atoms with Crippen molar-refractivity contribution < 1.29 is 4.79 Å². The Balaban J connectivity index is 2.85. The van der Waals surface area contributed by atoms with Crippen molar-refractivity contribution in [2.75, 3.05) is 11.9 Å². The molecule has 0 fully saturated rings. The van der Waals surface area contributed by atoms with Crippen molar-refractivity contribution in [1.29, 1.82) is 0 Å². The second-order valence-electron chi connectivity index (χ2n) is 1.88. The Morgan fingerprint density at radius 3 is 2.82 bits per heavy atom. The van der Waals surface area contributed by atoms with E-state index < -0.39 is 5.37 Å². The predicted octanol–water partition coefficient (Wildman–Crippen LogP) is 1.27. The Morgan fingerprint density at radius 1 is 1.64 bits per heavy atom. The van der Waals surface area contributed by atoms with E-state index in [0.717, 1.165) is 0 Å². The molecule has 11 heavy (non-hydrogen) atoms. The van der Waals surface area contributed by atoms with Crippen LogP contribution in [0.1, 0.15) is 0 Å². The van der Waals surface area contributed by atoms with E-state index in [0.29, 0.717) is 5.82 Å². The van der Waals surface area contributed by atoms with Crippen LogP contribution in [0.5, 0.6) is 0 Å². The van der Waals surface area contributed by atoms with Crippen LogP contribution in [0.25, 0.3) is 0 Å². The van der Waals surface area contributed by atoms with Gasteiger partial charge in [-0.1, -0.05) is 0 Å². The Labute approximate surface area is 68.8 Å². The Bertz CT molecular complexity index is 251. The lowest BCUT2D eigenvalue weighted by atomic mass is 10.6. The molecule has 5 heteroatoms. The first-order chi connectivity index (χ1) is 5.22. The SMILES string of the molecule is CN(C(=O)Cl)c1cnccn1. The maximum absolute atomic E-state index is 10.6. The molecule has 1 aromatic heterocycles. The van der Waals surface area contributed by atoms with Gasteiger partial charge >= 0.3 is 5.37 Å². The average molecular weight is 172 g/mol. The van der Waals surface area contributed by atoms with Gasteiger partial charge in [0.25, 0.3) is 0 Å². The molecular weight excluding hydrogens is 166 g/mol. The highest BCUT2D eigenvalue weighted by Gasteiger charge is 2.07. The summed E-state index contributed by atoms with van der Waals surface area (Å²) < 4.78 is 0. The van der Waals surface area contributed by atoms with E-state index in [1.165, 1.54) is 30.5 Å². The van der Waals surface area contributed by atoms with Crippen LogP contribution in [0.4, 0.5) is 10.6 Å². The van der Waals surface area contributed by atoms with Gasteiger partial charge in [0.05, 0.1) is 6.20 Å². The zero-order chi connectivity index (χ0) is 8.27. The van der Waals surface area contributed by atoms with Gasteiger partial charge in [0, 0.05) is 19.4 Å². The van der Waals surface area contributed by atoms with Crippen molar-refractivity contribution in [1.82, 2.24) is 9.97 Å². The predicted molar refractivity (Wildman–Crippen MR) is 41.7 cm³/mol. The highest BCUT2D eigenvalue weighted by molar-refractivity contribution is 6.66. The number of halogens is 1. The third kappa shape index (κ3) is 1.88. The zero-order valence-electron chi connectivity index (χ0n) is 5.86. The molecule has 0 saturated heterocycles. The van der Waals surface area contributed by atoms with Gasteiger partial charge in [0.15, 0.2) is 5.82 Å². The van der Waals surface area contributed by atoms with Gasteiger partial charge in [-0.3, -0.25) is 14.7 Å². The lowest BCUT2D eigenvalue weighted by Gasteiger charge is -2.09. The summed E-state index contributed by atoms with van der Waals surface area (Å²) in [6, 6.07) is 0. The summed E-state index contributed by atoms with van der Waals surface area (Å²) in [5.41, 5.74) is 0. The first kappa shape index (κ1) is 7.94. The van der Waals surface area contributed by atoms with E-state index in [2.05, 4.69) is 9.97 Å².